The van der Waals surface area contributed by atoms with Gasteiger partial charge in [-0.3, -0.25) is 14.7 Å². The fourth-order valence-corrected chi connectivity index (χ4v) is 3.42. The number of carbonyl (C=O) groups excluding carboxylic acids is 1. The van der Waals surface area contributed by atoms with E-state index in [1.54, 1.807) is 32.2 Å². The molecule has 1 amide bonds. The van der Waals surface area contributed by atoms with E-state index in [9.17, 15) is 14.0 Å². The van der Waals surface area contributed by atoms with E-state index in [1.807, 2.05) is 24.3 Å². The molecule has 8 heteroatoms. The van der Waals surface area contributed by atoms with Crippen molar-refractivity contribution in [2.24, 2.45) is 0 Å². The molecule has 2 aromatic heterocycles. The molecular formula is C23H21FN4O3. The first-order chi connectivity index (χ1) is 15.0. The number of rotatable bonds is 6. The maximum absolute atomic E-state index is 14.0. The molecule has 0 aliphatic rings. The third kappa shape index (κ3) is 4.05. The summed E-state index contributed by atoms with van der Waals surface area (Å²) >= 11 is 0. The Morgan fingerprint density at radius 1 is 1.23 bits per heavy atom. The van der Waals surface area contributed by atoms with Gasteiger partial charge in [-0.15, -0.1) is 0 Å². The molecule has 2 N–H and O–H groups in total. The molecule has 158 valence electrons. The van der Waals surface area contributed by atoms with E-state index < -0.39 is 0 Å². The lowest BCUT2D eigenvalue weighted by Gasteiger charge is -2.08. The van der Waals surface area contributed by atoms with Crippen molar-refractivity contribution in [3.63, 3.8) is 0 Å². The molecule has 0 unspecified atom stereocenters. The van der Waals surface area contributed by atoms with Crippen LogP contribution in [-0.4, -0.2) is 27.6 Å². The summed E-state index contributed by atoms with van der Waals surface area (Å²) in [7, 11) is 1.58. The number of aromatic nitrogens is 3. The largest absolute Gasteiger partial charge is 0.497 e. The molecule has 0 saturated carbocycles. The van der Waals surface area contributed by atoms with E-state index in [4.69, 9.17) is 4.74 Å². The molecule has 31 heavy (non-hydrogen) atoms. The van der Waals surface area contributed by atoms with E-state index >= 15 is 0 Å². The Morgan fingerprint density at radius 3 is 2.81 bits per heavy atom. The number of aromatic amines is 1. The quantitative estimate of drug-likeness (QED) is 0.502. The van der Waals surface area contributed by atoms with Gasteiger partial charge in [0.15, 0.2) is 5.65 Å². The zero-order chi connectivity index (χ0) is 22.0. The van der Waals surface area contributed by atoms with Gasteiger partial charge in [-0.25, -0.2) is 13.9 Å². The number of H-pyrrole nitrogens is 1. The molecule has 0 saturated heterocycles. The highest BCUT2D eigenvalue weighted by molar-refractivity contribution is 5.99. The van der Waals surface area contributed by atoms with E-state index in [2.05, 4.69) is 15.4 Å². The van der Waals surface area contributed by atoms with Crippen molar-refractivity contribution in [3.8, 4) is 5.75 Å². The van der Waals surface area contributed by atoms with Gasteiger partial charge in [-0.05, 0) is 36.2 Å². The minimum atomic E-state index is -0.379. The number of amides is 1. The van der Waals surface area contributed by atoms with E-state index in [0.29, 0.717) is 29.1 Å². The highest BCUT2D eigenvalue weighted by Gasteiger charge is 2.19. The van der Waals surface area contributed by atoms with Gasteiger partial charge in [-0.1, -0.05) is 30.3 Å². The fraction of sp³-hybridized carbons (Fsp3) is 0.174. The number of hydrogen-bond donors (Lipinski definition) is 2. The number of carbonyl (C=O) groups is 1. The Kier molecular flexibility index (Phi) is 5.53. The summed E-state index contributed by atoms with van der Waals surface area (Å²) in [6, 6.07) is 13.7. The zero-order valence-electron chi connectivity index (χ0n) is 17.1. The molecule has 7 nitrogen and oxygen atoms in total. The molecule has 0 spiro atoms. The molecule has 4 aromatic rings. The summed E-state index contributed by atoms with van der Waals surface area (Å²) in [6.45, 7) is 1.98. The van der Waals surface area contributed by atoms with Crippen LogP contribution in [0.5, 0.6) is 5.75 Å². The Balaban J connectivity index is 1.61. The van der Waals surface area contributed by atoms with Gasteiger partial charge >= 0.3 is 0 Å². The predicted molar refractivity (Wildman–Crippen MR) is 114 cm³/mol. The number of nitrogens with zero attached hydrogens (tertiary/aromatic N) is 2. The van der Waals surface area contributed by atoms with Gasteiger partial charge in [-0.2, -0.15) is 0 Å². The first-order valence-electron chi connectivity index (χ1n) is 9.72. The van der Waals surface area contributed by atoms with E-state index in [-0.39, 0.29) is 34.9 Å². The zero-order valence-corrected chi connectivity index (χ0v) is 17.1. The molecule has 2 aromatic carbocycles. The van der Waals surface area contributed by atoms with Crippen molar-refractivity contribution in [3.05, 3.63) is 98.8 Å². The Morgan fingerprint density at radius 2 is 2.03 bits per heavy atom. The summed E-state index contributed by atoms with van der Waals surface area (Å²) in [5, 5.41) is 5.62. The van der Waals surface area contributed by atoms with Crippen LogP contribution >= 0.6 is 0 Å². The lowest BCUT2D eigenvalue weighted by molar-refractivity contribution is 0.0952. The van der Waals surface area contributed by atoms with Crippen molar-refractivity contribution in [2.45, 2.75) is 19.9 Å². The smallest absolute Gasteiger partial charge is 0.276 e. The van der Waals surface area contributed by atoms with Gasteiger partial charge in [0.05, 0.1) is 7.11 Å². The van der Waals surface area contributed by atoms with E-state index in [1.165, 1.54) is 16.8 Å². The van der Waals surface area contributed by atoms with Crippen molar-refractivity contribution >= 4 is 11.6 Å². The molecule has 2 heterocycles. The third-order valence-electron chi connectivity index (χ3n) is 5.12. The Bertz CT molecular complexity index is 1330. The second-order valence-corrected chi connectivity index (χ2v) is 7.13. The Hall–Kier alpha value is -3.94. The van der Waals surface area contributed by atoms with Crippen LogP contribution in [0, 0.1) is 12.7 Å². The maximum Gasteiger partial charge on any atom is 0.276 e. The van der Waals surface area contributed by atoms with Gasteiger partial charge in [0.1, 0.15) is 17.1 Å². The molecule has 0 radical (unpaired) electrons. The van der Waals surface area contributed by atoms with Gasteiger partial charge < -0.3 is 10.1 Å². The van der Waals surface area contributed by atoms with Crippen LogP contribution in [0.25, 0.3) is 5.65 Å². The van der Waals surface area contributed by atoms with Crippen molar-refractivity contribution in [1.82, 2.24) is 19.9 Å². The molecule has 0 bridgehead atoms. The summed E-state index contributed by atoms with van der Waals surface area (Å²) in [6.07, 6.45) is 1.56. The van der Waals surface area contributed by atoms with Crippen LogP contribution in [0.1, 0.15) is 32.7 Å². The van der Waals surface area contributed by atoms with Gasteiger partial charge in [0.2, 0.25) is 0 Å². The molecule has 0 aliphatic carbocycles. The average molecular weight is 420 g/mol. The predicted octanol–water partition coefficient (Wildman–Crippen LogP) is 3.00. The first-order valence-corrected chi connectivity index (χ1v) is 9.72. The number of nitrogens with one attached hydrogen (secondary N) is 2. The number of benzene rings is 2. The van der Waals surface area contributed by atoms with Gasteiger partial charge in [0.25, 0.3) is 11.5 Å². The van der Waals surface area contributed by atoms with Crippen LogP contribution in [0.2, 0.25) is 0 Å². The molecular weight excluding hydrogens is 399 g/mol. The fourth-order valence-electron chi connectivity index (χ4n) is 3.42. The highest BCUT2D eigenvalue weighted by Crippen LogP contribution is 2.16. The first kappa shape index (κ1) is 20.3. The summed E-state index contributed by atoms with van der Waals surface area (Å²) in [5.41, 5.74) is 2.22. The number of aryl methyl sites for hydroxylation is 1. The highest BCUT2D eigenvalue weighted by atomic mass is 19.1. The van der Waals surface area contributed by atoms with Crippen molar-refractivity contribution in [2.75, 3.05) is 7.11 Å². The standard InChI is InChI=1S/C23H21FN4O3/c1-14-18(11-16-7-3-4-9-20(16)24)23(30)28-21(27-14)19(13-26-28)22(29)25-12-15-6-5-8-17(10-15)31-2/h3-10,13,26H,11-12H2,1-2H3,(H,25,29). The molecule has 0 aliphatic heterocycles. The molecule has 0 atom stereocenters. The summed E-state index contributed by atoms with van der Waals surface area (Å²) < 4.78 is 20.4. The SMILES string of the molecule is COc1cccc(CNC(=O)c2c[nH]n3c(=O)c(Cc4ccccc4F)c(C)nc23)c1. The van der Waals surface area contributed by atoms with Crippen LogP contribution in [0.4, 0.5) is 4.39 Å². The van der Waals surface area contributed by atoms with Crippen LogP contribution in [0.3, 0.4) is 0 Å². The second-order valence-electron chi connectivity index (χ2n) is 7.13. The number of halogens is 1. The molecule has 4 rings (SSSR count). The maximum atomic E-state index is 14.0. The average Bonchev–Trinajstić information content (AvgIpc) is 3.20. The lowest BCUT2D eigenvalue weighted by atomic mass is 10.0. The van der Waals surface area contributed by atoms with Crippen molar-refractivity contribution < 1.29 is 13.9 Å². The van der Waals surface area contributed by atoms with Crippen molar-refractivity contribution in [1.29, 1.82) is 0 Å². The monoisotopic (exact) mass is 420 g/mol. The lowest BCUT2D eigenvalue weighted by Crippen LogP contribution is -2.25. The number of fused-ring (bicyclic) bond motifs is 1. The normalized spacial score (nSPS) is 10.9. The topological polar surface area (TPSA) is 88.5 Å². The van der Waals surface area contributed by atoms with Crippen LogP contribution in [0.15, 0.2) is 59.5 Å². The van der Waals surface area contributed by atoms with Gasteiger partial charge in [0, 0.05) is 30.4 Å². The van der Waals surface area contributed by atoms with Crippen LogP contribution < -0.4 is 15.6 Å². The van der Waals surface area contributed by atoms with E-state index in [0.717, 1.165) is 5.56 Å². The second kappa shape index (κ2) is 8.43. The number of methoxy groups -OCH3 is 1. The summed E-state index contributed by atoms with van der Waals surface area (Å²) in [4.78, 5) is 30.2. The minimum absolute atomic E-state index is 0.115. The third-order valence-corrected chi connectivity index (χ3v) is 5.12. The Labute approximate surface area is 177 Å². The summed E-state index contributed by atoms with van der Waals surface area (Å²) in [5.74, 6) is -0.0460. The molecule has 0 fully saturated rings. The number of hydrogen-bond acceptors (Lipinski definition) is 4. The van der Waals surface area contributed by atoms with Crippen LogP contribution in [-0.2, 0) is 13.0 Å². The minimum Gasteiger partial charge on any atom is -0.497 e. The number of ether oxygens (including phenoxy) is 1.